The Labute approximate surface area is 77.1 Å². The van der Waals surface area contributed by atoms with Crippen LogP contribution in [0.15, 0.2) is 0 Å². The maximum absolute atomic E-state index is 2.40. The molecule has 0 amide bonds. The molecule has 1 heteroatoms. The fraction of sp³-hybridized carbons (Fsp3) is 1.00. The van der Waals surface area contributed by atoms with E-state index in [-0.39, 0.29) is 0 Å². The van der Waals surface area contributed by atoms with Gasteiger partial charge in [-0.1, -0.05) is 20.8 Å². The number of hydrogen-bond donors (Lipinski definition) is 0. The third kappa shape index (κ3) is 2.48. The van der Waals surface area contributed by atoms with Crippen molar-refractivity contribution >= 4 is 0 Å². The van der Waals surface area contributed by atoms with Crippen LogP contribution in [0.25, 0.3) is 0 Å². The molecule has 0 bridgehead atoms. The van der Waals surface area contributed by atoms with Crippen molar-refractivity contribution in [3.05, 3.63) is 0 Å². The summed E-state index contributed by atoms with van der Waals surface area (Å²) in [6.45, 7) is 7.19. The van der Waals surface area contributed by atoms with E-state index in [1.54, 1.807) is 0 Å². The molecule has 0 aromatic rings. The van der Waals surface area contributed by atoms with Crippen molar-refractivity contribution in [3.63, 3.8) is 0 Å². The van der Waals surface area contributed by atoms with Crippen molar-refractivity contribution < 1.29 is 0 Å². The van der Waals surface area contributed by atoms with Crippen molar-refractivity contribution in [1.29, 1.82) is 0 Å². The maximum Gasteiger partial charge on any atom is 0.00967 e. The molecule has 0 heterocycles. The van der Waals surface area contributed by atoms with Gasteiger partial charge in [0.25, 0.3) is 0 Å². The van der Waals surface area contributed by atoms with Crippen molar-refractivity contribution in [2.75, 3.05) is 14.1 Å². The summed E-state index contributed by atoms with van der Waals surface area (Å²) in [4.78, 5) is 2.39. The zero-order chi connectivity index (χ0) is 9.35. The van der Waals surface area contributed by atoms with Crippen molar-refractivity contribution in [2.24, 2.45) is 11.3 Å². The molecule has 1 aliphatic rings. The van der Waals surface area contributed by atoms with Gasteiger partial charge in [-0.15, -0.1) is 0 Å². The minimum atomic E-state index is 0.562. The van der Waals surface area contributed by atoms with Crippen LogP contribution in [0, 0.1) is 11.3 Å². The monoisotopic (exact) mass is 169 g/mol. The first-order valence-electron chi connectivity index (χ1n) is 5.07. The first-order chi connectivity index (χ1) is 5.41. The first-order valence-corrected chi connectivity index (χ1v) is 5.07. The lowest BCUT2D eigenvalue weighted by molar-refractivity contribution is 0.0974. The van der Waals surface area contributed by atoms with Crippen LogP contribution < -0.4 is 0 Å². The third-order valence-electron chi connectivity index (χ3n) is 3.09. The highest BCUT2D eigenvalue weighted by Gasteiger charge is 2.32. The molecule has 0 aromatic carbocycles. The van der Waals surface area contributed by atoms with Crippen LogP contribution in [-0.2, 0) is 0 Å². The van der Waals surface area contributed by atoms with E-state index in [0.717, 1.165) is 12.0 Å². The molecule has 72 valence electrons. The molecule has 0 spiro atoms. The van der Waals surface area contributed by atoms with Crippen LogP contribution in [-0.4, -0.2) is 25.0 Å². The van der Waals surface area contributed by atoms with Gasteiger partial charge in [0.15, 0.2) is 0 Å². The second kappa shape index (κ2) is 3.37. The summed E-state index contributed by atoms with van der Waals surface area (Å²) in [6.07, 6.45) is 4.15. The van der Waals surface area contributed by atoms with Crippen LogP contribution in [0.2, 0.25) is 0 Å². The summed E-state index contributed by atoms with van der Waals surface area (Å²) in [6, 6.07) is 0.809. The lowest BCUT2D eigenvalue weighted by Gasteiger charge is -2.41. The summed E-state index contributed by atoms with van der Waals surface area (Å²) in [7, 11) is 4.41. The fourth-order valence-electron chi connectivity index (χ4n) is 2.69. The summed E-state index contributed by atoms with van der Waals surface area (Å²) in [5, 5.41) is 0. The van der Waals surface area contributed by atoms with E-state index in [1.165, 1.54) is 19.3 Å². The molecule has 0 unspecified atom stereocenters. The number of rotatable bonds is 1. The average Bonchev–Trinajstić information content (AvgIpc) is 1.82. The van der Waals surface area contributed by atoms with Gasteiger partial charge in [-0.2, -0.15) is 0 Å². The second-order valence-electron chi connectivity index (χ2n) is 5.53. The molecule has 1 fully saturated rings. The smallest absolute Gasteiger partial charge is 0.00967 e. The largest absolute Gasteiger partial charge is 0.306 e. The molecule has 0 N–H and O–H groups in total. The summed E-state index contributed by atoms with van der Waals surface area (Å²) in [5.74, 6) is 0.904. The molecular weight excluding hydrogens is 146 g/mol. The van der Waals surface area contributed by atoms with E-state index >= 15 is 0 Å². The highest BCUT2D eigenvalue weighted by Crippen LogP contribution is 2.39. The normalized spacial score (nSPS) is 35.5. The number of nitrogens with zero attached hydrogens (tertiary/aromatic N) is 1. The van der Waals surface area contributed by atoms with E-state index in [4.69, 9.17) is 0 Å². The Bertz CT molecular complexity index is 149. The maximum atomic E-state index is 2.40. The molecule has 1 aliphatic carbocycles. The Morgan fingerprint density at radius 2 is 1.75 bits per heavy atom. The standard InChI is InChI=1S/C11H23N/c1-9-6-10(12(4)5)8-11(2,3)7-9/h9-10H,6-8H2,1-5H3/t9-,10+/m0/s1. The summed E-state index contributed by atoms with van der Waals surface area (Å²) >= 11 is 0. The highest BCUT2D eigenvalue weighted by atomic mass is 15.1. The Morgan fingerprint density at radius 3 is 2.17 bits per heavy atom. The van der Waals surface area contributed by atoms with Crippen LogP contribution >= 0.6 is 0 Å². The van der Waals surface area contributed by atoms with E-state index in [9.17, 15) is 0 Å². The minimum absolute atomic E-state index is 0.562. The lowest BCUT2D eigenvalue weighted by atomic mass is 9.70. The molecule has 0 radical (unpaired) electrons. The average molecular weight is 169 g/mol. The first kappa shape index (κ1) is 10.0. The van der Waals surface area contributed by atoms with E-state index in [2.05, 4.69) is 39.8 Å². The topological polar surface area (TPSA) is 3.24 Å². The minimum Gasteiger partial charge on any atom is -0.306 e. The molecule has 0 aromatic heterocycles. The third-order valence-corrected chi connectivity index (χ3v) is 3.09. The van der Waals surface area contributed by atoms with Crippen LogP contribution in [0.5, 0.6) is 0 Å². The zero-order valence-corrected chi connectivity index (χ0v) is 9.22. The molecule has 1 rings (SSSR count). The van der Waals surface area contributed by atoms with E-state index in [1.807, 2.05) is 0 Å². The van der Waals surface area contributed by atoms with Gasteiger partial charge in [0.2, 0.25) is 0 Å². The van der Waals surface area contributed by atoms with Gasteiger partial charge in [-0.3, -0.25) is 0 Å². The van der Waals surface area contributed by atoms with Gasteiger partial charge in [0.1, 0.15) is 0 Å². The quantitative estimate of drug-likeness (QED) is 0.583. The molecule has 12 heavy (non-hydrogen) atoms. The van der Waals surface area contributed by atoms with Gasteiger partial charge in [0.05, 0.1) is 0 Å². The molecular formula is C11H23N. The summed E-state index contributed by atoms with van der Waals surface area (Å²) < 4.78 is 0. The summed E-state index contributed by atoms with van der Waals surface area (Å²) in [5.41, 5.74) is 0.562. The van der Waals surface area contributed by atoms with Crippen molar-refractivity contribution in [3.8, 4) is 0 Å². The highest BCUT2D eigenvalue weighted by molar-refractivity contribution is 4.86. The molecule has 1 saturated carbocycles. The fourth-order valence-corrected chi connectivity index (χ4v) is 2.69. The van der Waals surface area contributed by atoms with Crippen molar-refractivity contribution in [2.45, 2.75) is 46.1 Å². The Morgan fingerprint density at radius 1 is 1.17 bits per heavy atom. The van der Waals surface area contributed by atoms with Crippen LogP contribution in [0.4, 0.5) is 0 Å². The van der Waals surface area contributed by atoms with Gasteiger partial charge in [-0.05, 0) is 44.7 Å². The predicted octanol–water partition coefficient (Wildman–Crippen LogP) is 2.76. The Balaban J connectivity index is 2.58. The zero-order valence-electron chi connectivity index (χ0n) is 9.22. The molecule has 1 nitrogen and oxygen atoms in total. The molecule has 2 atom stereocenters. The molecule has 0 saturated heterocycles. The van der Waals surface area contributed by atoms with Crippen LogP contribution in [0.1, 0.15) is 40.0 Å². The van der Waals surface area contributed by atoms with Gasteiger partial charge < -0.3 is 4.90 Å². The van der Waals surface area contributed by atoms with Gasteiger partial charge in [0, 0.05) is 6.04 Å². The molecule has 0 aliphatic heterocycles. The predicted molar refractivity (Wildman–Crippen MR) is 54.3 cm³/mol. The van der Waals surface area contributed by atoms with E-state index in [0.29, 0.717) is 5.41 Å². The van der Waals surface area contributed by atoms with Gasteiger partial charge >= 0.3 is 0 Å². The number of hydrogen-bond acceptors (Lipinski definition) is 1. The van der Waals surface area contributed by atoms with Crippen LogP contribution in [0.3, 0.4) is 0 Å². The van der Waals surface area contributed by atoms with Gasteiger partial charge in [-0.25, -0.2) is 0 Å². The Kier molecular flexibility index (Phi) is 2.82. The van der Waals surface area contributed by atoms with Crippen molar-refractivity contribution in [1.82, 2.24) is 4.90 Å². The lowest BCUT2D eigenvalue weighted by Crippen LogP contribution is -2.39. The van der Waals surface area contributed by atoms with E-state index < -0.39 is 0 Å². The SMILES string of the molecule is C[C@H]1C[C@@H](N(C)C)CC(C)(C)C1. The Hall–Kier alpha value is -0.0400. The second-order valence-corrected chi connectivity index (χ2v) is 5.53.